The molecule has 0 fully saturated rings. The van der Waals surface area contributed by atoms with Gasteiger partial charge >= 0.3 is 0 Å². The standard InChI is InChI=1S/C48H33N3S/c1-3-44-48(49-4-2)39-25-23-34(30-45(39)52-44)32-15-13-14-31(28-32)33-22-24-38-43(29-33)51(36-18-9-6-10-19-36)42-27-26-41-46(47(38)42)37-20-11-12-21-40(37)50(41)35-16-7-5-8-17-35/h3-30H,1H2,2H3. The van der Waals surface area contributed by atoms with Crippen molar-refractivity contribution in [3.05, 3.63) is 169 Å². The average Bonchev–Trinajstić information content (AvgIpc) is 3.85. The van der Waals surface area contributed by atoms with Gasteiger partial charge in [0, 0.05) is 49.2 Å². The lowest BCUT2D eigenvalue weighted by molar-refractivity contribution is 1.17. The summed E-state index contributed by atoms with van der Waals surface area (Å²) in [5.74, 6) is 0. The number of aromatic nitrogens is 2. The number of benzene rings is 7. The third-order valence-electron chi connectivity index (χ3n) is 10.3. The first-order valence-corrected chi connectivity index (χ1v) is 18.4. The summed E-state index contributed by atoms with van der Waals surface area (Å²) in [7, 11) is 0. The minimum Gasteiger partial charge on any atom is -0.309 e. The predicted molar refractivity (Wildman–Crippen MR) is 225 cm³/mol. The number of nitrogens with zero attached hydrogens (tertiary/aromatic N) is 3. The fraction of sp³-hybridized carbons (Fsp3) is 0.0208. The van der Waals surface area contributed by atoms with Gasteiger partial charge in [-0.1, -0.05) is 104 Å². The Kier molecular flexibility index (Phi) is 7.05. The molecular weight excluding hydrogens is 651 g/mol. The van der Waals surface area contributed by atoms with E-state index in [1.807, 2.05) is 19.2 Å². The van der Waals surface area contributed by atoms with E-state index in [4.69, 9.17) is 0 Å². The Morgan fingerprint density at radius 1 is 0.500 bits per heavy atom. The van der Waals surface area contributed by atoms with E-state index in [0.29, 0.717) is 0 Å². The summed E-state index contributed by atoms with van der Waals surface area (Å²) in [5.41, 5.74) is 12.9. The molecule has 0 aliphatic carbocycles. The molecule has 7 aromatic carbocycles. The smallest absolute Gasteiger partial charge is 0.0884 e. The van der Waals surface area contributed by atoms with Crippen LogP contribution >= 0.6 is 11.3 Å². The lowest BCUT2D eigenvalue weighted by Crippen LogP contribution is -1.94. The van der Waals surface area contributed by atoms with E-state index in [1.54, 1.807) is 11.3 Å². The monoisotopic (exact) mass is 683 g/mol. The molecule has 0 spiro atoms. The van der Waals surface area contributed by atoms with Crippen molar-refractivity contribution in [2.24, 2.45) is 4.99 Å². The molecule has 0 radical (unpaired) electrons. The molecule has 0 bridgehead atoms. The number of thiophene rings is 1. The Morgan fingerprint density at radius 3 is 1.71 bits per heavy atom. The molecule has 0 atom stereocenters. The normalized spacial score (nSPS) is 11.9. The van der Waals surface area contributed by atoms with Crippen molar-refractivity contribution in [3.8, 4) is 33.6 Å². The van der Waals surface area contributed by atoms with Gasteiger partial charge < -0.3 is 9.13 Å². The molecule has 0 saturated heterocycles. The van der Waals surface area contributed by atoms with Crippen molar-refractivity contribution in [1.29, 1.82) is 0 Å². The zero-order chi connectivity index (χ0) is 34.8. The van der Waals surface area contributed by atoms with Crippen LogP contribution in [0.3, 0.4) is 0 Å². The highest BCUT2D eigenvalue weighted by Gasteiger charge is 2.21. The zero-order valence-electron chi connectivity index (χ0n) is 28.6. The van der Waals surface area contributed by atoms with E-state index in [1.165, 1.54) is 70.6 Å². The lowest BCUT2D eigenvalue weighted by atomic mass is 9.97. The van der Waals surface area contributed by atoms with Crippen LogP contribution in [0.1, 0.15) is 11.8 Å². The van der Waals surface area contributed by atoms with E-state index < -0.39 is 0 Å². The molecule has 3 nitrogen and oxygen atoms in total. The highest BCUT2D eigenvalue weighted by molar-refractivity contribution is 7.20. The number of rotatable bonds is 6. The van der Waals surface area contributed by atoms with Crippen LogP contribution in [0.4, 0.5) is 5.69 Å². The number of para-hydroxylation sites is 3. The number of aliphatic imine (C=N–C) groups is 1. The topological polar surface area (TPSA) is 22.2 Å². The Bertz CT molecular complexity index is 3030. The van der Waals surface area contributed by atoms with Crippen LogP contribution in [-0.2, 0) is 0 Å². The highest BCUT2D eigenvalue weighted by atomic mass is 32.1. The molecule has 10 rings (SSSR count). The first-order valence-electron chi connectivity index (χ1n) is 17.6. The molecule has 3 aromatic heterocycles. The maximum atomic E-state index is 4.65. The van der Waals surface area contributed by atoms with Crippen LogP contribution in [0.2, 0.25) is 0 Å². The van der Waals surface area contributed by atoms with Crippen LogP contribution < -0.4 is 0 Å². The highest BCUT2D eigenvalue weighted by Crippen LogP contribution is 2.44. The van der Waals surface area contributed by atoms with Crippen LogP contribution in [-0.4, -0.2) is 15.3 Å². The Balaban J connectivity index is 1.19. The lowest BCUT2D eigenvalue weighted by Gasteiger charge is -2.10. The van der Waals surface area contributed by atoms with E-state index in [9.17, 15) is 0 Å². The van der Waals surface area contributed by atoms with E-state index in [2.05, 4.69) is 178 Å². The molecule has 0 unspecified atom stereocenters. The summed E-state index contributed by atoms with van der Waals surface area (Å²) in [6, 6.07) is 57.5. The Labute approximate surface area is 305 Å². The van der Waals surface area contributed by atoms with Gasteiger partial charge in [-0.3, -0.25) is 4.99 Å². The quantitative estimate of drug-likeness (QED) is 0.156. The molecule has 0 saturated carbocycles. The molecule has 0 amide bonds. The second-order valence-corrected chi connectivity index (χ2v) is 14.2. The van der Waals surface area contributed by atoms with Gasteiger partial charge in [0.1, 0.15) is 0 Å². The van der Waals surface area contributed by atoms with Gasteiger partial charge in [0.2, 0.25) is 0 Å². The minimum absolute atomic E-state index is 1.00. The van der Waals surface area contributed by atoms with Crippen molar-refractivity contribution < 1.29 is 0 Å². The largest absolute Gasteiger partial charge is 0.309 e. The molecule has 246 valence electrons. The van der Waals surface area contributed by atoms with Gasteiger partial charge in [0.25, 0.3) is 0 Å². The summed E-state index contributed by atoms with van der Waals surface area (Å²) in [6.45, 7) is 5.99. The van der Waals surface area contributed by atoms with Crippen molar-refractivity contribution in [2.45, 2.75) is 6.92 Å². The maximum Gasteiger partial charge on any atom is 0.0884 e. The molecule has 52 heavy (non-hydrogen) atoms. The fourth-order valence-electron chi connectivity index (χ4n) is 8.02. The van der Waals surface area contributed by atoms with Crippen LogP contribution in [0, 0.1) is 0 Å². The van der Waals surface area contributed by atoms with Gasteiger partial charge in [0.15, 0.2) is 0 Å². The first kappa shape index (κ1) is 30.3. The third-order valence-corrected chi connectivity index (χ3v) is 11.4. The summed E-state index contributed by atoms with van der Waals surface area (Å²) < 4.78 is 6.05. The van der Waals surface area contributed by atoms with Gasteiger partial charge in [-0.2, -0.15) is 0 Å². The number of hydrogen-bond donors (Lipinski definition) is 0. The molecule has 3 heterocycles. The van der Waals surface area contributed by atoms with Gasteiger partial charge in [0.05, 0.1) is 32.6 Å². The van der Waals surface area contributed by atoms with Crippen molar-refractivity contribution >= 4 is 83.0 Å². The zero-order valence-corrected chi connectivity index (χ0v) is 29.4. The SMILES string of the molecule is C=Cc1sc2cc(-c3cccc(-c4ccc5c6c7c8ccccc8n(-c8ccccc8)c7ccc6n(-c6ccccc6)c5c4)c3)ccc2c1N=CC. The van der Waals surface area contributed by atoms with E-state index in [0.717, 1.165) is 27.3 Å². The van der Waals surface area contributed by atoms with Crippen LogP contribution in [0.15, 0.2) is 169 Å². The summed E-state index contributed by atoms with van der Waals surface area (Å²) in [4.78, 5) is 5.75. The van der Waals surface area contributed by atoms with Gasteiger partial charge in [-0.25, -0.2) is 0 Å². The molecule has 0 N–H and O–H groups in total. The number of fused-ring (bicyclic) bond motifs is 8. The second-order valence-electron chi connectivity index (χ2n) is 13.1. The summed E-state index contributed by atoms with van der Waals surface area (Å²) in [6.07, 6.45) is 3.76. The maximum absolute atomic E-state index is 4.65. The van der Waals surface area contributed by atoms with E-state index in [-0.39, 0.29) is 0 Å². The molecule has 0 aliphatic heterocycles. The predicted octanol–water partition coefficient (Wildman–Crippen LogP) is 13.8. The fourth-order valence-corrected chi connectivity index (χ4v) is 9.06. The number of hydrogen-bond acceptors (Lipinski definition) is 2. The Morgan fingerprint density at radius 2 is 1.06 bits per heavy atom. The van der Waals surface area contributed by atoms with Crippen molar-refractivity contribution in [2.75, 3.05) is 0 Å². The third kappa shape index (κ3) is 4.62. The second kappa shape index (κ2) is 12.1. The summed E-state index contributed by atoms with van der Waals surface area (Å²) in [5, 5.41) is 6.22. The minimum atomic E-state index is 1.00. The molecule has 0 aliphatic rings. The first-order chi connectivity index (χ1) is 25.7. The van der Waals surface area contributed by atoms with Crippen molar-refractivity contribution in [3.63, 3.8) is 0 Å². The van der Waals surface area contributed by atoms with Crippen LogP contribution in [0.5, 0.6) is 0 Å². The van der Waals surface area contributed by atoms with Crippen molar-refractivity contribution in [1.82, 2.24) is 9.13 Å². The van der Waals surface area contributed by atoms with Gasteiger partial charge in [-0.05, 0) is 95.9 Å². The molecule has 10 aromatic rings. The summed E-state index contributed by atoms with van der Waals surface area (Å²) >= 11 is 1.74. The average molecular weight is 684 g/mol. The molecule has 4 heteroatoms. The van der Waals surface area contributed by atoms with E-state index >= 15 is 0 Å². The van der Waals surface area contributed by atoms with Gasteiger partial charge in [-0.15, -0.1) is 11.3 Å². The van der Waals surface area contributed by atoms with Crippen LogP contribution in [0.25, 0.3) is 93.4 Å². The Hall–Kier alpha value is -6.49. The molecular formula is C48H33N3S.